The maximum absolute atomic E-state index is 13.7. The Hall–Kier alpha value is -3.13. The molecule has 1 aliphatic heterocycles. The minimum Gasteiger partial charge on any atom is -0.493 e. The molecule has 2 aromatic rings. The quantitative estimate of drug-likeness (QED) is 0.314. The van der Waals surface area contributed by atoms with Crippen molar-refractivity contribution in [3.8, 4) is 11.5 Å². The van der Waals surface area contributed by atoms with E-state index in [-0.39, 0.29) is 11.7 Å². The number of methoxy groups -OCH3 is 1. The lowest BCUT2D eigenvalue weighted by Gasteiger charge is -2.35. The van der Waals surface area contributed by atoms with Crippen LogP contribution in [0.3, 0.4) is 0 Å². The van der Waals surface area contributed by atoms with E-state index < -0.39 is 11.9 Å². The van der Waals surface area contributed by atoms with Gasteiger partial charge in [0.15, 0.2) is 17.3 Å². The number of furan rings is 1. The summed E-state index contributed by atoms with van der Waals surface area (Å²) in [5, 5.41) is 3.38. The number of ketones is 1. The molecule has 2 atom stereocenters. The van der Waals surface area contributed by atoms with Crippen LogP contribution in [-0.2, 0) is 14.3 Å². The Morgan fingerprint density at radius 1 is 1.14 bits per heavy atom. The molecule has 0 unspecified atom stereocenters. The van der Waals surface area contributed by atoms with Gasteiger partial charge in [0.25, 0.3) is 0 Å². The average molecular weight is 526 g/mol. The van der Waals surface area contributed by atoms with Gasteiger partial charge in [-0.05, 0) is 68.7 Å². The van der Waals surface area contributed by atoms with E-state index in [1.807, 2.05) is 51.1 Å². The minimum absolute atomic E-state index is 0.00927. The summed E-state index contributed by atoms with van der Waals surface area (Å²) in [5.41, 5.74) is 3.54. The van der Waals surface area contributed by atoms with Crippen molar-refractivity contribution in [2.75, 3.05) is 31.8 Å². The highest BCUT2D eigenvalue weighted by atomic mass is 32.2. The fourth-order valence-corrected chi connectivity index (χ4v) is 5.56. The molecule has 0 fully saturated rings. The van der Waals surface area contributed by atoms with E-state index in [4.69, 9.17) is 18.6 Å². The van der Waals surface area contributed by atoms with Crippen molar-refractivity contribution in [2.24, 2.45) is 0 Å². The summed E-state index contributed by atoms with van der Waals surface area (Å²) in [6.45, 7) is 8.57. The number of rotatable bonds is 10. The first-order valence-corrected chi connectivity index (χ1v) is 13.9. The number of carbonyl (C=O) groups excluding carboxylic acids is 2. The molecule has 7 nitrogen and oxygen atoms in total. The summed E-state index contributed by atoms with van der Waals surface area (Å²) in [4.78, 5) is 27.0. The van der Waals surface area contributed by atoms with Crippen molar-refractivity contribution in [3.63, 3.8) is 0 Å². The first kappa shape index (κ1) is 26.9. The normalized spacial score (nSPS) is 19.4. The van der Waals surface area contributed by atoms with E-state index in [1.54, 1.807) is 18.9 Å². The number of hydrogen-bond acceptors (Lipinski definition) is 8. The first-order chi connectivity index (χ1) is 17.9. The fraction of sp³-hybridized carbons (Fsp3) is 0.448. The molecule has 1 aliphatic carbocycles. The van der Waals surface area contributed by atoms with Gasteiger partial charge in [-0.2, -0.15) is 11.8 Å². The van der Waals surface area contributed by atoms with Crippen molar-refractivity contribution in [1.29, 1.82) is 0 Å². The van der Waals surface area contributed by atoms with Crippen LogP contribution in [0.5, 0.6) is 11.5 Å². The zero-order valence-corrected chi connectivity index (χ0v) is 23.0. The molecule has 1 N–H and O–H groups in total. The topological polar surface area (TPSA) is 87.0 Å². The second kappa shape index (κ2) is 11.9. The van der Waals surface area contributed by atoms with Crippen LogP contribution in [0.4, 0.5) is 0 Å². The average Bonchev–Trinajstić information content (AvgIpc) is 3.31. The summed E-state index contributed by atoms with van der Waals surface area (Å²) >= 11 is 1.71. The zero-order valence-electron chi connectivity index (χ0n) is 22.1. The van der Waals surface area contributed by atoms with E-state index in [0.29, 0.717) is 60.2 Å². The van der Waals surface area contributed by atoms with Crippen LogP contribution in [0, 0.1) is 6.92 Å². The van der Waals surface area contributed by atoms with Crippen molar-refractivity contribution >= 4 is 23.5 Å². The van der Waals surface area contributed by atoms with Gasteiger partial charge in [-0.3, -0.25) is 4.79 Å². The molecular formula is C29H35NO6S. The fourth-order valence-electron chi connectivity index (χ4n) is 5.07. The van der Waals surface area contributed by atoms with Crippen LogP contribution >= 0.6 is 11.8 Å². The molecule has 1 aromatic carbocycles. The van der Waals surface area contributed by atoms with E-state index in [2.05, 4.69) is 12.2 Å². The number of hydrogen-bond donors (Lipinski definition) is 1. The van der Waals surface area contributed by atoms with Gasteiger partial charge in [0.1, 0.15) is 18.1 Å². The number of carbonyl (C=O) groups is 2. The smallest absolute Gasteiger partial charge is 0.336 e. The van der Waals surface area contributed by atoms with Crippen LogP contribution in [0.1, 0.15) is 62.5 Å². The van der Waals surface area contributed by atoms with Crippen molar-refractivity contribution < 1.29 is 28.2 Å². The summed E-state index contributed by atoms with van der Waals surface area (Å²) < 4.78 is 22.8. The Bertz CT molecular complexity index is 1230. The maximum Gasteiger partial charge on any atom is 0.336 e. The van der Waals surface area contributed by atoms with E-state index >= 15 is 0 Å². The monoisotopic (exact) mass is 525 g/mol. The molecule has 0 radical (unpaired) electrons. The molecular weight excluding hydrogens is 490 g/mol. The van der Waals surface area contributed by atoms with Gasteiger partial charge >= 0.3 is 5.97 Å². The predicted molar refractivity (Wildman–Crippen MR) is 144 cm³/mol. The molecule has 0 saturated carbocycles. The van der Waals surface area contributed by atoms with Gasteiger partial charge < -0.3 is 23.9 Å². The molecule has 2 heterocycles. The number of allylic oxidation sites excluding steroid dienone is 3. The summed E-state index contributed by atoms with van der Waals surface area (Å²) in [6.07, 6.45) is 0.948. The molecule has 0 spiro atoms. The number of nitrogens with one attached hydrogen (secondary N) is 1. The van der Waals surface area contributed by atoms with Gasteiger partial charge in [0.2, 0.25) is 0 Å². The van der Waals surface area contributed by atoms with Gasteiger partial charge in [-0.1, -0.05) is 13.0 Å². The third-order valence-electron chi connectivity index (χ3n) is 6.72. The number of ether oxygens (including phenoxy) is 3. The lowest BCUT2D eigenvalue weighted by Crippen LogP contribution is -2.36. The Morgan fingerprint density at radius 2 is 1.95 bits per heavy atom. The maximum atomic E-state index is 13.7. The second-order valence-electron chi connectivity index (χ2n) is 9.14. The number of aryl methyl sites for hydroxylation is 1. The van der Waals surface area contributed by atoms with E-state index in [1.165, 1.54) is 0 Å². The van der Waals surface area contributed by atoms with Crippen LogP contribution in [-0.4, -0.2) is 43.6 Å². The highest BCUT2D eigenvalue weighted by Crippen LogP contribution is 2.46. The highest BCUT2D eigenvalue weighted by Gasteiger charge is 2.43. The number of thioether (sulfide) groups is 1. The molecule has 0 bridgehead atoms. The Labute approximate surface area is 222 Å². The Morgan fingerprint density at radius 3 is 2.62 bits per heavy atom. The zero-order chi connectivity index (χ0) is 26.5. The molecule has 0 saturated heterocycles. The van der Waals surface area contributed by atoms with Gasteiger partial charge in [-0.15, -0.1) is 0 Å². The van der Waals surface area contributed by atoms with Gasteiger partial charge in [0.05, 0.1) is 25.2 Å². The molecule has 37 heavy (non-hydrogen) atoms. The Kier molecular flexibility index (Phi) is 8.69. The number of benzene rings is 1. The van der Waals surface area contributed by atoms with Gasteiger partial charge in [-0.25, -0.2) is 4.79 Å². The number of esters is 1. The van der Waals surface area contributed by atoms with Gasteiger partial charge in [0, 0.05) is 29.1 Å². The lowest BCUT2D eigenvalue weighted by molar-refractivity contribution is -0.138. The molecule has 8 heteroatoms. The number of dihydropyridines is 1. The standard InChI is InChI=1S/C29H35NO6S/c1-6-34-23-11-9-19(16-25(23)33-5)20-14-21-27(22(31)15-20)28(24-10-8-17(3)36-24)26(18(4)30-21)29(32)35-12-13-37-7-2/h8-11,16,20,28,30H,6-7,12-15H2,1-5H3/t20-,28+/m0/s1. The third kappa shape index (κ3) is 5.74. The Balaban J connectivity index is 1.67. The molecule has 0 amide bonds. The summed E-state index contributed by atoms with van der Waals surface area (Å²) in [5.74, 6) is 3.26. The third-order valence-corrected chi connectivity index (χ3v) is 7.58. The van der Waals surface area contributed by atoms with Crippen LogP contribution in [0.25, 0.3) is 0 Å². The molecule has 198 valence electrons. The SMILES string of the molecule is CCOc1ccc([C@@H]2CC(=O)C3=C(C2)NC(C)=C(C(=O)OCCSCC)[C@H]3c2ccc(C)o2)cc1OC. The van der Waals surface area contributed by atoms with Crippen molar-refractivity contribution in [3.05, 3.63) is 70.0 Å². The second-order valence-corrected chi connectivity index (χ2v) is 10.5. The van der Waals surface area contributed by atoms with E-state index in [0.717, 1.165) is 28.5 Å². The minimum atomic E-state index is -0.598. The lowest BCUT2D eigenvalue weighted by atomic mass is 9.73. The summed E-state index contributed by atoms with van der Waals surface area (Å²) in [7, 11) is 1.61. The molecule has 4 rings (SSSR count). The van der Waals surface area contributed by atoms with Crippen LogP contribution in [0.2, 0.25) is 0 Å². The number of Topliss-reactive ketones (excluding diaryl/α,β-unsaturated/α-hetero) is 1. The predicted octanol–water partition coefficient (Wildman–Crippen LogP) is 5.65. The van der Waals surface area contributed by atoms with Crippen molar-refractivity contribution in [1.82, 2.24) is 5.32 Å². The largest absolute Gasteiger partial charge is 0.493 e. The van der Waals surface area contributed by atoms with E-state index in [9.17, 15) is 9.59 Å². The highest BCUT2D eigenvalue weighted by molar-refractivity contribution is 7.99. The first-order valence-electron chi connectivity index (χ1n) is 12.7. The summed E-state index contributed by atoms with van der Waals surface area (Å²) in [6, 6.07) is 9.54. The molecule has 1 aromatic heterocycles. The molecule has 2 aliphatic rings. The van der Waals surface area contributed by atoms with Crippen LogP contribution < -0.4 is 14.8 Å². The van der Waals surface area contributed by atoms with Crippen LogP contribution in [0.15, 0.2) is 57.3 Å². The van der Waals surface area contributed by atoms with Crippen molar-refractivity contribution in [2.45, 2.75) is 52.4 Å².